The quantitative estimate of drug-likeness (QED) is 0.793. The van der Waals surface area contributed by atoms with Crippen LogP contribution in [0.3, 0.4) is 0 Å². The topological polar surface area (TPSA) is 61.4 Å². The van der Waals surface area contributed by atoms with Gasteiger partial charge >= 0.3 is 0 Å². The average Bonchev–Trinajstić information content (AvgIpc) is 2.47. The van der Waals surface area contributed by atoms with Gasteiger partial charge in [-0.3, -0.25) is 4.79 Å². The zero-order valence-corrected chi connectivity index (χ0v) is 11.9. The van der Waals surface area contributed by atoms with E-state index in [0.717, 1.165) is 24.2 Å². The molecule has 1 unspecified atom stereocenters. The molecule has 0 bridgehead atoms. The van der Waals surface area contributed by atoms with Gasteiger partial charge in [-0.1, -0.05) is 18.2 Å². The first-order valence-electron chi connectivity index (χ1n) is 7.06. The minimum Gasteiger partial charge on any atom is -0.508 e. The van der Waals surface area contributed by atoms with Gasteiger partial charge in [0.25, 0.3) is 5.91 Å². The molecule has 1 heterocycles. The molecule has 0 radical (unpaired) electrons. The van der Waals surface area contributed by atoms with Crippen LogP contribution >= 0.6 is 0 Å². The zero-order chi connectivity index (χ0) is 14.8. The van der Waals surface area contributed by atoms with Gasteiger partial charge in [-0.05, 0) is 48.7 Å². The summed E-state index contributed by atoms with van der Waals surface area (Å²) in [4.78, 5) is 12.3. The lowest BCUT2D eigenvalue weighted by atomic mass is 9.99. The fraction of sp³-hybridized carbons (Fsp3) is 0.235. The molecule has 0 spiro atoms. The third kappa shape index (κ3) is 2.84. The Morgan fingerprint density at radius 2 is 2.10 bits per heavy atom. The van der Waals surface area contributed by atoms with E-state index in [9.17, 15) is 9.90 Å². The van der Waals surface area contributed by atoms with Gasteiger partial charge in [-0.25, -0.2) is 0 Å². The highest BCUT2D eigenvalue weighted by atomic mass is 16.3. The minimum atomic E-state index is -0.0984. The van der Waals surface area contributed by atoms with Crippen molar-refractivity contribution in [2.75, 3.05) is 11.9 Å². The van der Waals surface area contributed by atoms with E-state index in [1.807, 2.05) is 19.1 Å². The van der Waals surface area contributed by atoms with Crippen molar-refractivity contribution in [1.82, 2.24) is 5.32 Å². The number of nitrogens with one attached hydrogen (secondary N) is 2. The molecular weight excluding hydrogens is 264 g/mol. The van der Waals surface area contributed by atoms with E-state index in [4.69, 9.17) is 0 Å². The molecule has 1 atom stereocenters. The van der Waals surface area contributed by atoms with Crippen LogP contribution < -0.4 is 10.6 Å². The second-order valence-corrected chi connectivity index (χ2v) is 5.41. The number of carbonyl (C=O) groups is 1. The summed E-state index contributed by atoms with van der Waals surface area (Å²) in [6.07, 6.45) is 0.825. The van der Waals surface area contributed by atoms with E-state index in [1.54, 1.807) is 12.1 Å². The second-order valence-electron chi connectivity index (χ2n) is 5.41. The largest absolute Gasteiger partial charge is 0.508 e. The van der Waals surface area contributed by atoms with Crippen LogP contribution in [-0.4, -0.2) is 23.6 Å². The van der Waals surface area contributed by atoms with Gasteiger partial charge in [0.2, 0.25) is 0 Å². The summed E-state index contributed by atoms with van der Waals surface area (Å²) in [5.41, 5.74) is 3.74. The van der Waals surface area contributed by atoms with Crippen molar-refractivity contribution >= 4 is 11.6 Å². The molecule has 0 fully saturated rings. The van der Waals surface area contributed by atoms with Gasteiger partial charge < -0.3 is 15.7 Å². The summed E-state index contributed by atoms with van der Waals surface area (Å²) < 4.78 is 0. The van der Waals surface area contributed by atoms with E-state index >= 15 is 0 Å². The van der Waals surface area contributed by atoms with Gasteiger partial charge in [-0.15, -0.1) is 0 Å². The Balaban J connectivity index is 1.71. The minimum absolute atomic E-state index is 0.0700. The van der Waals surface area contributed by atoms with Gasteiger partial charge in [0.05, 0.1) is 6.04 Å². The Hall–Kier alpha value is -2.49. The number of anilines is 1. The first kappa shape index (κ1) is 13.5. The summed E-state index contributed by atoms with van der Waals surface area (Å²) in [6.45, 7) is 2.54. The molecule has 0 saturated heterocycles. The van der Waals surface area contributed by atoms with Crippen molar-refractivity contribution in [1.29, 1.82) is 0 Å². The Morgan fingerprint density at radius 3 is 2.90 bits per heavy atom. The van der Waals surface area contributed by atoms with Gasteiger partial charge in [0.1, 0.15) is 5.75 Å². The predicted molar refractivity (Wildman–Crippen MR) is 82.7 cm³/mol. The maximum absolute atomic E-state index is 12.3. The highest BCUT2D eigenvalue weighted by Crippen LogP contribution is 2.21. The van der Waals surface area contributed by atoms with Crippen LogP contribution in [0.15, 0.2) is 42.5 Å². The normalized spacial score (nSPS) is 16.7. The molecular formula is C17H18N2O2. The van der Waals surface area contributed by atoms with E-state index < -0.39 is 0 Å². The van der Waals surface area contributed by atoms with E-state index in [1.165, 1.54) is 11.6 Å². The van der Waals surface area contributed by atoms with Crippen molar-refractivity contribution in [3.63, 3.8) is 0 Å². The van der Waals surface area contributed by atoms with Crippen LogP contribution in [0.5, 0.6) is 5.75 Å². The van der Waals surface area contributed by atoms with Gasteiger partial charge in [0, 0.05) is 17.8 Å². The fourth-order valence-electron chi connectivity index (χ4n) is 2.71. The molecule has 1 aliphatic rings. The number of amides is 1. The number of para-hydroxylation sites is 1. The lowest BCUT2D eigenvalue weighted by Crippen LogP contribution is -2.43. The van der Waals surface area contributed by atoms with Crippen LogP contribution in [0.2, 0.25) is 0 Å². The summed E-state index contributed by atoms with van der Waals surface area (Å²) in [7, 11) is 0. The SMILES string of the molecule is Cc1cc(O)ccc1C(=O)NC1CNc2ccccc2C1. The third-order valence-corrected chi connectivity index (χ3v) is 3.81. The van der Waals surface area contributed by atoms with Crippen LogP contribution in [0.25, 0.3) is 0 Å². The number of benzene rings is 2. The fourth-order valence-corrected chi connectivity index (χ4v) is 2.71. The Kier molecular flexibility index (Phi) is 3.52. The lowest BCUT2D eigenvalue weighted by Gasteiger charge is -2.27. The number of rotatable bonds is 2. The van der Waals surface area contributed by atoms with Crippen molar-refractivity contribution in [3.8, 4) is 5.75 Å². The second kappa shape index (κ2) is 5.48. The maximum Gasteiger partial charge on any atom is 0.251 e. The van der Waals surface area contributed by atoms with E-state index in [0.29, 0.717) is 5.56 Å². The van der Waals surface area contributed by atoms with Gasteiger partial charge in [-0.2, -0.15) is 0 Å². The number of fused-ring (bicyclic) bond motifs is 1. The molecule has 1 aliphatic heterocycles. The van der Waals surface area contributed by atoms with Crippen molar-refractivity contribution < 1.29 is 9.90 Å². The summed E-state index contributed by atoms with van der Waals surface area (Å²) >= 11 is 0. The Morgan fingerprint density at radius 1 is 1.29 bits per heavy atom. The molecule has 3 rings (SSSR count). The van der Waals surface area contributed by atoms with Crippen molar-refractivity contribution in [2.45, 2.75) is 19.4 Å². The summed E-state index contributed by atoms with van der Waals surface area (Å²) in [5, 5.41) is 15.8. The number of aryl methyl sites for hydroxylation is 1. The van der Waals surface area contributed by atoms with Crippen LogP contribution in [0.1, 0.15) is 21.5 Å². The van der Waals surface area contributed by atoms with Crippen LogP contribution in [-0.2, 0) is 6.42 Å². The Labute approximate surface area is 123 Å². The highest BCUT2D eigenvalue weighted by Gasteiger charge is 2.20. The summed E-state index contributed by atoms with van der Waals surface area (Å²) in [5.74, 6) is 0.0796. The highest BCUT2D eigenvalue weighted by molar-refractivity contribution is 5.96. The Bertz CT molecular complexity index is 682. The number of phenols is 1. The number of aromatic hydroxyl groups is 1. The molecule has 1 amide bonds. The van der Waals surface area contributed by atoms with E-state index in [-0.39, 0.29) is 17.7 Å². The first-order chi connectivity index (χ1) is 10.1. The first-order valence-corrected chi connectivity index (χ1v) is 7.06. The summed E-state index contributed by atoms with van der Waals surface area (Å²) in [6, 6.07) is 13.0. The zero-order valence-electron chi connectivity index (χ0n) is 11.9. The molecule has 21 heavy (non-hydrogen) atoms. The monoisotopic (exact) mass is 282 g/mol. The van der Waals surface area contributed by atoms with Gasteiger partial charge in [0.15, 0.2) is 0 Å². The van der Waals surface area contributed by atoms with Crippen LogP contribution in [0, 0.1) is 6.92 Å². The number of hydrogen-bond acceptors (Lipinski definition) is 3. The number of phenolic OH excluding ortho intramolecular Hbond substituents is 1. The molecule has 2 aromatic rings. The molecule has 0 aromatic heterocycles. The molecule has 0 aliphatic carbocycles. The number of hydrogen-bond donors (Lipinski definition) is 3. The molecule has 4 nitrogen and oxygen atoms in total. The van der Waals surface area contributed by atoms with E-state index in [2.05, 4.69) is 22.8 Å². The molecule has 108 valence electrons. The molecule has 0 saturated carbocycles. The van der Waals surface area contributed by atoms with Crippen molar-refractivity contribution in [2.24, 2.45) is 0 Å². The predicted octanol–water partition coefficient (Wildman–Crippen LogP) is 2.47. The van der Waals surface area contributed by atoms with Crippen LogP contribution in [0.4, 0.5) is 5.69 Å². The maximum atomic E-state index is 12.3. The molecule has 4 heteroatoms. The average molecular weight is 282 g/mol. The molecule has 3 N–H and O–H groups in total. The van der Waals surface area contributed by atoms with Crippen molar-refractivity contribution in [3.05, 3.63) is 59.2 Å². The lowest BCUT2D eigenvalue weighted by molar-refractivity contribution is 0.0937. The number of carbonyl (C=O) groups excluding carboxylic acids is 1. The standard InChI is InChI=1S/C17H18N2O2/c1-11-8-14(20)6-7-15(11)17(21)19-13-9-12-4-2-3-5-16(12)18-10-13/h2-8,13,18,20H,9-10H2,1H3,(H,19,21). The molecule has 2 aromatic carbocycles. The smallest absolute Gasteiger partial charge is 0.251 e. The third-order valence-electron chi connectivity index (χ3n) is 3.81.